The topological polar surface area (TPSA) is 54.2 Å². The molecule has 6 heteroatoms. The maximum Gasteiger partial charge on any atom is 0.186 e. The molecule has 0 bridgehead atoms. The van der Waals surface area contributed by atoms with Crippen molar-refractivity contribution in [1.82, 2.24) is 20.5 Å². The van der Waals surface area contributed by atoms with Gasteiger partial charge in [0.2, 0.25) is 0 Å². The predicted molar refractivity (Wildman–Crippen MR) is 127 cm³/mol. The van der Waals surface area contributed by atoms with Gasteiger partial charge >= 0.3 is 0 Å². The van der Waals surface area contributed by atoms with E-state index in [1.165, 1.54) is 0 Å². The maximum absolute atomic E-state index is 5.01. The standard InChI is InChI=1S/C24H21N5S/c1-25-24(30)27-26-17-18-12-14-21(15-13-18)29-23(20-10-6-3-7-11-20)16-22(28-29)19-8-4-2-5-9-19/h2-17H,1H3,(H2,25,27,30)/b26-17-. The van der Waals surface area contributed by atoms with Crippen LogP contribution in [0.1, 0.15) is 5.56 Å². The highest BCUT2D eigenvalue weighted by atomic mass is 32.1. The van der Waals surface area contributed by atoms with Crippen LogP contribution in [0.4, 0.5) is 0 Å². The van der Waals surface area contributed by atoms with Gasteiger partial charge in [-0.25, -0.2) is 4.68 Å². The van der Waals surface area contributed by atoms with Crippen LogP contribution in [-0.4, -0.2) is 28.2 Å². The molecule has 0 saturated carbocycles. The molecule has 0 fully saturated rings. The Kier molecular flexibility index (Phi) is 5.96. The zero-order valence-corrected chi connectivity index (χ0v) is 17.3. The van der Waals surface area contributed by atoms with Gasteiger partial charge < -0.3 is 5.32 Å². The Morgan fingerprint density at radius 1 is 0.900 bits per heavy atom. The van der Waals surface area contributed by atoms with Gasteiger partial charge in [-0.3, -0.25) is 5.43 Å². The molecule has 4 aromatic rings. The van der Waals surface area contributed by atoms with Gasteiger partial charge in [-0.1, -0.05) is 72.8 Å². The van der Waals surface area contributed by atoms with Crippen molar-refractivity contribution in [3.8, 4) is 28.2 Å². The lowest BCUT2D eigenvalue weighted by Crippen LogP contribution is -2.28. The van der Waals surface area contributed by atoms with E-state index in [9.17, 15) is 0 Å². The van der Waals surface area contributed by atoms with Crippen LogP contribution in [0.25, 0.3) is 28.2 Å². The monoisotopic (exact) mass is 411 g/mol. The van der Waals surface area contributed by atoms with Gasteiger partial charge in [0.05, 0.1) is 23.3 Å². The largest absolute Gasteiger partial charge is 0.364 e. The maximum atomic E-state index is 5.01. The zero-order chi connectivity index (χ0) is 20.8. The second-order valence-corrected chi connectivity index (χ2v) is 7.01. The van der Waals surface area contributed by atoms with Gasteiger partial charge in [0.1, 0.15) is 0 Å². The summed E-state index contributed by atoms with van der Waals surface area (Å²) < 4.78 is 1.98. The number of hydrazone groups is 1. The quantitative estimate of drug-likeness (QED) is 0.286. The number of rotatable bonds is 5. The first-order valence-electron chi connectivity index (χ1n) is 9.57. The van der Waals surface area contributed by atoms with Crippen molar-refractivity contribution in [2.45, 2.75) is 0 Å². The zero-order valence-electron chi connectivity index (χ0n) is 16.5. The molecule has 30 heavy (non-hydrogen) atoms. The molecule has 0 aliphatic carbocycles. The highest BCUT2D eigenvalue weighted by Crippen LogP contribution is 2.28. The fourth-order valence-corrected chi connectivity index (χ4v) is 3.12. The molecular weight excluding hydrogens is 390 g/mol. The van der Waals surface area contributed by atoms with Crippen LogP contribution in [0.2, 0.25) is 0 Å². The summed E-state index contributed by atoms with van der Waals surface area (Å²) >= 11 is 5.01. The molecule has 0 aliphatic rings. The van der Waals surface area contributed by atoms with Crippen molar-refractivity contribution in [3.63, 3.8) is 0 Å². The fraction of sp³-hybridized carbons (Fsp3) is 0.0417. The average molecular weight is 412 g/mol. The second kappa shape index (κ2) is 9.15. The summed E-state index contributed by atoms with van der Waals surface area (Å²) in [4.78, 5) is 0. The van der Waals surface area contributed by atoms with Crippen LogP contribution in [-0.2, 0) is 0 Å². The van der Waals surface area contributed by atoms with Gasteiger partial charge in [0, 0.05) is 18.2 Å². The van der Waals surface area contributed by atoms with Crippen molar-refractivity contribution in [2.75, 3.05) is 7.05 Å². The molecule has 5 nitrogen and oxygen atoms in total. The van der Waals surface area contributed by atoms with Gasteiger partial charge in [0.25, 0.3) is 0 Å². The lowest BCUT2D eigenvalue weighted by molar-refractivity contribution is 0.892. The Hall–Kier alpha value is -3.77. The third-order valence-corrected chi connectivity index (χ3v) is 4.89. The summed E-state index contributed by atoms with van der Waals surface area (Å²) in [6, 6.07) is 30.7. The molecule has 0 radical (unpaired) electrons. The van der Waals surface area contributed by atoms with E-state index in [2.05, 4.69) is 46.2 Å². The molecule has 0 atom stereocenters. The van der Waals surface area contributed by atoms with Crippen molar-refractivity contribution in [1.29, 1.82) is 0 Å². The Morgan fingerprint density at radius 2 is 1.53 bits per heavy atom. The van der Waals surface area contributed by atoms with Crippen molar-refractivity contribution in [2.24, 2.45) is 5.10 Å². The minimum atomic E-state index is 0.473. The normalized spacial score (nSPS) is 10.8. The average Bonchev–Trinajstić information content (AvgIpc) is 3.26. The smallest absolute Gasteiger partial charge is 0.186 e. The number of hydrogen-bond donors (Lipinski definition) is 2. The molecule has 148 valence electrons. The summed E-state index contributed by atoms with van der Waals surface area (Å²) in [7, 11) is 1.75. The number of thiocarbonyl (C=S) groups is 1. The molecule has 2 N–H and O–H groups in total. The van der Waals surface area contributed by atoms with E-state index in [0.717, 1.165) is 33.8 Å². The van der Waals surface area contributed by atoms with Crippen LogP contribution in [0, 0.1) is 0 Å². The van der Waals surface area contributed by atoms with E-state index in [4.69, 9.17) is 17.3 Å². The predicted octanol–water partition coefficient (Wildman–Crippen LogP) is 4.63. The number of nitrogens with zero attached hydrogens (tertiary/aromatic N) is 3. The van der Waals surface area contributed by atoms with Crippen LogP contribution in [0.15, 0.2) is 96.1 Å². The first kappa shape index (κ1) is 19.5. The Balaban J connectivity index is 1.69. The van der Waals surface area contributed by atoms with E-state index < -0.39 is 0 Å². The molecule has 4 rings (SSSR count). The third-order valence-electron chi connectivity index (χ3n) is 4.59. The van der Waals surface area contributed by atoms with Crippen molar-refractivity contribution in [3.05, 3.63) is 96.6 Å². The van der Waals surface area contributed by atoms with Crippen molar-refractivity contribution < 1.29 is 0 Å². The van der Waals surface area contributed by atoms with Gasteiger partial charge in [-0.2, -0.15) is 10.2 Å². The van der Waals surface area contributed by atoms with Crippen LogP contribution in [0.3, 0.4) is 0 Å². The summed E-state index contributed by atoms with van der Waals surface area (Å²) in [5.41, 5.74) is 8.86. The minimum absolute atomic E-state index is 0.473. The Morgan fingerprint density at radius 3 is 2.17 bits per heavy atom. The first-order chi connectivity index (χ1) is 14.7. The first-order valence-corrected chi connectivity index (χ1v) is 9.97. The summed E-state index contributed by atoms with van der Waals surface area (Å²) in [5.74, 6) is 0. The third kappa shape index (κ3) is 4.45. The van der Waals surface area contributed by atoms with E-state index in [0.29, 0.717) is 5.11 Å². The number of benzene rings is 3. The molecule has 1 heterocycles. The van der Waals surface area contributed by atoms with E-state index >= 15 is 0 Å². The highest BCUT2D eigenvalue weighted by Gasteiger charge is 2.12. The molecule has 0 aliphatic heterocycles. The molecule has 0 spiro atoms. The summed E-state index contributed by atoms with van der Waals surface area (Å²) in [6.07, 6.45) is 1.73. The number of hydrogen-bond acceptors (Lipinski definition) is 3. The Labute approximate surface area is 181 Å². The second-order valence-electron chi connectivity index (χ2n) is 6.60. The SMILES string of the molecule is CNC(=S)N/N=C\c1ccc(-n2nc(-c3ccccc3)cc2-c2ccccc2)cc1. The Bertz CT molecular complexity index is 1150. The summed E-state index contributed by atoms with van der Waals surface area (Å²) in [5, 5.41) is 12.3. The van der Waals surface area contributed by atoms with E-state index in [1.807, 2.05) is 65.3 Å². The number of nitrogens with one attached hydrogen (secondary N) is 2. The lowest BCUT2D eigenvalue weighted by Gasteiger charge is -2.08. The van der Waals surface area contributed by atoms with Crippen LogP contribution >= 0.6 is 12.2 Å². The molecule has 0 saturated heterocycles. The minimum Gasteiger partial charge on any atom is -0.364 e. The molecule has 0 amide bonds. The highest BCUT2D eigenvalue weighted by molar-refractivity contribution is 7.80. The van der Waals surface area contributed by atoms with Crippen molar-refractivity contribution >= 4 is 23.5 Å². The van der Waals surface area contributed by atoms with Gasteiger partial charge in [-0.15, -0.1) is 0 Å². The molecule has 3 aromatic carbocycles. The molecule has 1 aromatic heterocycles. The summed E-state index contributed by atoms with van der Waals surface area (Å²) in [6.45, 7) is 0. The van der Waals surface area contributed by atoms with E-state index in [1.54, 1.807) is 13.3 Å². The number of aromatic nitrogens is 2. The van der Waals surface area contributed by atoms with Crippen LogP contribution in [0.5, 0.6) is 0 Å². The van der Waals surface area contributed by atoms with Gasteiger partial charge in [-0.05, 0) is 36.0 Å². The van der Waals surface area contributed by atoms with E-state index in [-0.39, 0.29) is 0 Å². The molecular formula is C24H21N5S. The fourth-order valence-electron chi connectivity index (χ4n) is 3.07. The lowest BCUT2D eigenvalue weighted by atomic mass is 10.1. The molecule has 0 unspecified atom stereocenters. The van der Waals surface area contributed by atoms with Crippen LogP contribution < -0.4 is 10.7 Å². The van der Waals surface area contributed by atoms with Gasteiger partial charge in [0.15, 0.2) is 5.11 Å².